The van der Waals surface area contributed by atoms with Crippen molar-refractivity contribution in [3.63, 3.8) is 0 Å². The second kappa shape index (κ2) is 12.6. The third-order valence-corrected chi connectivity index (χ3v) is 3.85. The molecule has 3 heteroatoms. The van der Waals surface area contributed by atoms with Crippen molar-refractivity contribution in [3.8, 4) is 0 Å². The van der Waals surface area contributed by atoms with E-state index in [0.29, 0.717) is 12.0 Å². The van der Waals surface area contributed by atoms with E-state index in [4.69, 9.17) is 0 Å². The molecule has 2 N–H and O–H groups in total. The van der Waals surface area contributed by atoms with Gasteiger partial charge in [-0.1, -0.05) is 70.6 Å². The largest absolute Gasteiger partial charge is 0.381 e. The standard InChI is InChI=1S/C12H20N2.C6H12.FH/c1-10(2)12(9-13-3)14-11-7-5-4-6-8-11;1-2-4-6-5-3-1;/h4-8,10,12-14H,9H2,1-3H3;1-6H2;1H. The van der Waals surface area contributed by atoms with Crippen LogP contribution >= 0.6 is 0 Å². The average Bonchev–Trinajstić information content (AvgIpc) is 2.50. The van der Waals surface area contributed by atoms with E-state index in [9.17, 15) is 0 Å². The van der Waals surface area contributed by atoms with E-state index in [-0.39, 0.29) is 4.70 Å². The smallest absolute Gasteiger partial charge is 0.0408 e. The van der Waals surface area contributed by atoms with E-state index in [1.165, 1.54) is 44.2 Å². The van der Waals surface area contributed by atoms with Crippen molar-refractivity contribution in [1.29, 1.82) is 0 Å². The number of likely N-dealkylation sites (N-methyl/N-ethyl adjacent to an activating group) is 1. The number of halogens is 1. The zero-order valence-corrected chi connectivity index (χ0v) is 13.9. The molecule has 1 aromatic carbocycles. The van der Waals surface area contributed by atoms with Crippen LogP contribution in [0.5, 0.6) is 0 Å². The average molecular weight is 296 g/mol. The predicted molar refractivity (Wildman–Crippen MR) is 92.8 cm³/mol. The lowest BCUT2D eigenvalue weighted by Gasteiger charge is -2.23. The van der Waals surface area contributed by atoms with Crippen LogP contribution in [-0.4, -0.2) is 19.6 Å². The van der Waals surface area contributed by atoms with E-state index in [1.54, 1.807) is 0 Å². The number of nitrogens with one attached hydrogen (secondary N) is 2. The molecule has 21 heavy (non-hydrogen) atoms. The zero-order valence-electron chi connectivity index (χ0n) is 13.9. The number of hydrogen-bond donors (Lipinski definition) is 2. The van der Waals surface area contributed by atoms with Crippen LogP contribution in [0.2, 0.25) is 0 Å². The molecule has 2 nitrogen and oxygen atoms in total. The number of hydrogen-bond acceptors (Lipinski definition) is 2. The molecule has 122 valence electrons. The molecule has 0 saturated heterocycles. The van der Waals surface area contributed by atoms with Gasteiger partial charge in [0.05, 0.1) is 0 Å². The van der Waals surface area contributed by atoms with Crippen molar-refractivity contribution < 1.29 is 4.70 Å². The Morgan fingerprint density at radius 3 is 1.76 bits per heavy atom. The van der Waals surface area contributed by atoms with Gasteiger partial charge in [-0.15, -0.1) is 0 Å². The van der Waals surface area contributed by atoms with Gasteiger partial charge in [0, 0.05) is 18.3 Å². The minimum atomic E-state index is 0. The van der Waals surface area contributed by atoms with Gasteiger partial charge in [-0.2, -0.15) is 0 Å². The second-order valence-electron chi connectivity index (χ2n) is 6.04. The number of anilines is 1. The third kappa shape index (κ3) is 9.46. The van der Waals surface area contributed by atoms with Crippen LogP contribution < -0.4 is 10.6 Å². The SMILES string of the molecule is C1CCCCC1.CNCC(Nc1ccccc1)C(C)C.F. The molecule has 1 aliphatic carbocycles. The van der Waals surface area contributed by atoms with Crippen LogP contribution in [-0.2, 0) is 0 Å². The maximum atomic E-state index is 3.52. The molecule has 0 spiro atoms. The Labute approximate surface area is 130 Å². The maximum absolute atomic E-state index is 3.52. The van der Waals surface area contributed by atoms with E-state index in [0.717, 1.165) is 6.54 Å². The van der Waals surface area contributed by atoms with Crippen molar-refractivity contribution in [1.82, 2.24) is 5.32 Å². The van der Waals surface area contributed by atoms with Gasteiger partial charge < -0.3 is 10.6 Å². The van der Waals surface area contributed by atoms with Crippen molar-refractivity contribution >= 4 is 5.69 Å². The van der Waals surface area contributed by atoms with Gasteiger partial charge in [0.15, 0.2) is 0 Å². The summed E-state index contributed by atoms with van der Waals surface area (Å²) in [4.78, 5) is 0. The second-order valence-corrected chi connectivity index (χ2v) is 6.04. The number of para-hydroxylation sites is 1. The van der Waals surface area contributed by atoms with Crippen LogP contribution in [0.3, 0.4) is 0 Å². The predicted octanol–water partition coefficient (Wildman–Crippen LogP) is 4.84. The summed E-state index contributed by atoms with van der Waals surface area (Å²) < 4.78 is 0. The molecule has 2 rings (SSSR count). The monoisotopic (exact) mass is 296 g/mol. The zero-order chi connectivity index (χ0) is 14.6. The van der Waals surface area contributed by atoms with Crippen molar-refractivity contribution in [2.45, 2.75) is 58.4 Å². The Balaban J connectivity index is 0.000000480. The summed E-state index contributed by atoms with van der Waals surface area (Å²) in [6.45, 7) is 5.46. The first-order chi connectivity index (χ1) is 9.74. The quantitative estimate of drug-likeness (QED) is 0.812. The minimum absolute atomic E-state index is 0. The Morgan fingerprint density at radius 1 is 0.905 bits per heavy atom. The minimum Gasteiger partial charge on any atom is -0.381 e. The Morgan fingerprint density at radius 2 is 1.38 bits per heavy atom. The van der Waals surface area contributed by atoms with Crippen LogP contribution in [0, 0.1) is 5.92 Å². The molecule has 1 atom stereocenters. The number of rotatable bonds is 5. The van der Waals surface area contributed by atoms with Gasteiger partial charge in [0.25, 0.3) is 0 Å². The van der Waals surface area contributed by atoms with Crippen molar-refractivity contribution in [2.75, 3.05) is 18.9 Å². The molecular weight excluding hydrogens is 263 g/mol. The molecule has 0 heterocycles. The molecule has 0 aliphatic heterocycles. The summed E-state index contributed by atoms with van der Waals surface area (Å²) in [5, 5.41) is 6.72. The highest BCUT2D eigenvalue weighted by molar-refractivity contribution is 5.43. The lowest BCUT2D eigenvalue weighted by molar-refractivity contribution is 0.503. The van der Waals surface area contributed by atoms with E-state index < -0.39 is 0 Å². The fraction of sp³-hybridized carbons (Fsp3) is 0.667. The topological polar surface area (TPSA) is 24.1 Å². The molecular formula is C18H33FN2. The molecule has 1 fully saturated rings. The van der Waals surface area contributed by atoms with Gasteiger partial charge in [-0.05, 0) is 25.1 Å². The molecule has 0 radical (unpaired) electrons. The summed E-state index contributed by atoms with van der Waals surface area (Å²) in [5.41, 5.74) is 1.20. The molecule has 1 aliphatic rings. The molecule has 0 amide bonds. The van der Waals surface area contributed by atoms with Gasteiger partial charge in [0.2, 0.25) is 0 Å². The highest BCUT2D eigenvalue weighted by Crippen LogP contribution is 2.15. The first-order valence-corrected chi connectivity index (χ1v) is 8.20. The van der Waals surface area contributed by atoms with Gasteiger partial charge in [-0.25, -0.2) is 0 Å². The third-order valence-electron chi connectivity index (χ3n) is 3.85. The molecule has 1 aromatic rings. The first kappa shape index (κ1) is 19.9. The highest BCUT2D eigenvalue weighted by atomic mass is 19.0. The lowest BCUT2D eigenvalue weighted by atomic mass is 10.0. The fourth-order valence-electron chi connectivity index (χ4n) is 2.48. The molecule has 0 aromatic heterocycles. The fourth-order valence-corrected chi connectivity index (χ4v) is 2.48. The summed E-state index contributed by atoms with van der Waals surface area (Å²) in [6.07, 6.45) is 9.00. The summed E-state index contributed by atoms with van der Waals surface area (Å²) in [5.74, 6) is 0.627. The van der Waals surface area contributed by atoms with Gasteiger partial charge in [-0.3, -0.25) is 4.70 Å². The molecule has 1 saturated carbocycles. The van der Waals surface area contributed by atoms with Gasteiger partial charge >= 0.3 is 0 Å². The normalized spacial score (nSPS) is 15.4. The van der Waals surface area contributed by atoms with E-state index >= 15 is 0 Å². The highest BCUT2D eigenvalue weighted by Gasteiger charge is 2.11. The Bertz CT molecular complexity index is 312. The van der Waals surface area contributed by atoms with Crippen LogP contribution in [0.4, 0.5) is 10.4 Å². The van der Waals surface area contributed by atoms with Crippen LogP contribution in [0.25, 0.3) is 0 Å². The summed E-state index contributed by atoms with van der Waals surface area (Å²) in [6, 6.07) is 10.8. The maximum Gasteiger partial charge on any atom is 0.0408 e. The van der Waals surface area contributed by atoms with E-state index in [2.05, 4.69) is 48.7 Å². The molecule has 0 bridgehead atoms. The van der Waals surface area contributed by atoms with Gasteiger partial charge in [0.1, 0.15) is 0 Å². The number of benzene rings is 1. The molecule has 1 unspecified atom stereocenters. The Kier molecular flexibility index (Phi) is 12.0. The summed E-state index contributed by atoms with van der Waals surface area (Å²) in [7, 11) is 1.99. The van der Waals surface area contributed by atoms with Crippen molar-refractivity contribution in [3.05, 3.63) is 30.3 Å². The summed E-state index contributed by atoms with van der Waals surface area (Å²) >= 11 is 0. The van der Waals surface area contributed by atoms with Crippen LogP contribution in [0.1, 0.15) is 52.4 Å². The lowest BCUT2D eigenvalue weighted by Crippen LogP contribution is -2.35. The van der Waals surface area contributed by atoms with Crippen molar-refractivity contribution in [2.24, 2.45) is 5.92 Å². The Hall–Kier alpha value is -1.09. The first-order valence-electron chi connectivity index (χ1n) is 8.20. The van der Waals surface area contributed by atoms with Crippen LogP contribution in [0.15, 0.2) is 30.3 Å². The van der Waals surface area contributed by atoms with E-state index in [1.807, 2.05) is 13.1 Å².